The summed E-state index contributed by atoms with van der Waals surface area (Å²) in [6, 6.07) is 10.8. The molecular formula is C19H22ClFN2O3S. The van der Waals surface area contributed by atoms with Gasteiger partial charge in [-0.2, -0.15) is 4.31 Å². The fraction of sp³-hybridized carbons (Fsp3) is 0.368. The van der Waals surface area contributed by atoms with Crippen molar-refractivity contribution in [2.45, 2.75) is 18.4 Å². The molecule has 146 valence electrons. The van der Waals surface area contributed by atoms with Crippen molar-refractivity contribution in [1.82, 2.24) is 9.21 Å². The molecule has 2 aromatic carbocycles. The second kappa shape index (κ2) is 8.56. The zero-order valence-corrected chi connectivity index (χ0v) is 16.6. The van der Waals surface area contributed by atoms with Gasteiger partial charge in [-0.05, 0) is 48.9 Å². The molecule has 0 amide bonds. The highest BCUT2D eigenvalue weighted by molar-refractivity contribution is 7.89. The molecule has 8 heteroatoms. The van der Waals surface area contributed by atoms with E-state index in [-0.39, 0.29) is 10.7 Å². The average Bonchev–Trinajstić information content (AvgIpc) is 2.65. The van der Waals surface area contributed by atoms with Crippen LogP contribution in [0.25, 0.3) is 0 Å². The third-order valence-electron chi connectivity index (χ3n) is 4.51. The lowest BCUT2D eigenvalue weighted by Crippen LogP contribution is -2.48. The molecule has 5 nitrogen and oxygen atoms in total. The first-order valence-electron chi connectivity index (χ1n) is 8.79. The van der Waals surface area contributed by atoms with E-state index in [0.29, 0.717) is 50.1 Å². The van der Waals surface area contributed by atoms with Gasteiger partial charge in [0.1, 0.15) is 11.6 Å². The molecule has 0 bridgehead atoms. The van der Waals surface area contributed by atoms with E-state index >= 15 is 0 Å². The summed E-state index contributed by atoms with van der Waals surface area (Å²) in [6.45, 7) is 4.95. The van der Waals surface area contributed by atoms with Crippen LogP contribution in [0.3, 0.4) is 0 Å². The summed E-state index contributed by atoms with van der Waals surface area (Å²) in [4.78, 5) is 2.38. The molecule has 0 aromatic heterocycles. The van der Waals surface area contributed by atoms with E-state index in [0.717, 1.165) is 5.56 Å². The maximum Gasteiger partial charge on any atom is 0.243 e. The van der Waals surface area contributed by atoms with E-state index in [1.807, 2.05) is 6.92 Å². The van der Waals surface area contributed by atoms with Crippen LogP contribution in [0.4, 0.5) is 4.39 Å². The van der Waals surface area contributed by atoms with Crippen LogP contribution in [-0.2, 0) is 16.6 Å². The fourth-order valence-electron chi connectivity index (χ4n) is 3.04. The van der Waals surface area contributed by atoms with Crippen LogP contribution in [0, 0.1) is 5.82 Å². The van der Waals surface area contributed by atoms with Crippen LogP contribution < -0.4 is 4.74 Å². The van der Waals surface area contributed by atoms with Crippen LogP contribution in [-0.4, -0.2) is 50.4 Å². The number of benzene rings is 2. The average molecular weight is 413 g/mol. The van der Waals surface area contributed by atoms with Crippen molar-refractivity contribution in [2.75, 3.05) is 32.8 Å². The Balaban J connectivity index is 1.62. The summed E-state index contributed by atoms with van der Waals surface area (Å²) in [5.41, 5.74) is 0.834. The quantitative estimate of drug-likeness (QED) is 0.729. The van der Waals surface area contributed by atoms with Crippen LogP contribution >= 0.6 is 11.6 Å². The van der Waals surface area contributed by atoms with Gasteiger partial charge in [-0.3, -0.25) is 4.90 Å². The van der Waals surface area contributed by atoms with Crippen molar-refractivity contribution >= 4 is 21.6 Å². The summed E-state index contributed by atoms with van der Waals surface area (Å²) in [5.74, 6) is 0.285. The number of piperazine rings is 1. The number of hydrogen-bond donors (Lipinski definition) is 0. The molecule has 0 unspecified atom stereocenters. The Morgan fingerprint density at radius 2 is 1.74 bits per heavy atom. The zero-order valence-electron chi connectivity index (χ0n) is 15.1. The Morgan fingerprint density at radius 1 is 1.07 bits per heavy atom. The second-order valence-corrected chi connectivity index (χ2v) is 8.67. The summed E-state index contributed by atoms with van der Waals surface area (Å²) < 4.78 is 45.6. The second-order valence-electron chi connectivity index (χ2n) is 6.32. The van der Waals surface area contributed by atoms with Crippen molar-refractivity contribution < 1.29 is 17.5 Å². The minimum atomic E-state index is -3.53. The highest BCUT2D eigenvalue weighted by Crippen LogP contribution is 2.23. The standard InChI is InChI=1S/C19H22ClFN2O3S/c1-2-26-17-5-7-18(8-6-17)27(24,25)23-11-9-22(10-12-23)14-15-3-4-16(21)13-19(15)20/h3-8,13H,2,9-12,14H2,1H3. The fourth-order valence-corrected chi connectivity index (χ4v) is 4.69. The normalized spacial score (nSPS) is 16.4. The lowest BCUT2D eigenvalue weighted by atomic mass is 10.2. The molecule has 2 aromatic rings. The number of nitrogens with zero attached hydrogens (tertiary/aromatic N) is 2. The van der Waals surface area contributed by atoms with Gasteiger partial charge < -0.3 is 4.74 Å². The lowest BCUT2D eigenvalue weighted by Gasteiger charge is -2.34. The van der Waals surface area contributed by atoms with Crippen molar-refractivity contribution in [2.24, 2.45) is 0 Å². The molecule has 27 heavy (non-hydrogen) atoms. The number of ether oxygens (including phenoxy) is 1. The first-order chi connectivity index (χ1) is 12.9. The monoisotopic (exact) mass is 412 g/mol. The smallest absolute Gasteiger partial charge is 0.243 e. The molecule has 0 spiro atoms. The van der Waals surface area contributed by atoms with Crippen molar-refractivity contribution in [1.29, 1.82) is 0 Å². The van der Waals surface area contributed by atoms with Gasteiger partial charge in [0.2, 0.25) is 10.0 Å². The highest BCUT2D eigenvalue weighted by Gasteiger charge is 2.28. The number of hydrogen-bond acceptors (Lipinski definition) is 4. The van der Waals surface area contributed by atoms with Gasteiger partial charge in [-0.25, -0.2) is 12.8 Å². The molecular weight excluding hydrogens is 391 g/mol. The Bertz CT molecular complexity index is 882. The number of halogens is 2. The van der Waals surface area contributed by atoms with E-state index in [9.17, 15) is 12.8 Å². The van der Waals surface area contributed by atoms with Crippen molar-refractivity contribution in [3.05, 3.63) is 58.9 Å². The van der Waals surface area contributed by atoms with Crippen molar-refractivity contribution in [3.63, 3.8) is 0 Å². The molecule has 0 saturated carbocycles. The lowest BCUT2D eigenvalue weighted by molar-refractivity contribution is 0.181. The molecule has 0 radical (unpaired) electrons. The Hall–Kier alpha value is -1.67. The number of sulfonamides is 1. The third-order valence-corrected chi connectivity index (χ3v) is 6.78. The van der Waals surface area contributed by atoms with Gasteiger partial charge in [0.05, 0.1) is 11.5 Å². The topological polar surface area (TPSA) is 49.9 Å². The first kappa shape index (κ1) is 20.1. The molecule has 0 atom stereocenters. The van der Waals surface area contributed by atoms with Gasteiger partial charge in [0.15, 0.2) is 0 Å². The highest BCUT2D eigenvalue weighted by atomic mass is 35.5. The van der Waals surface area contributed by atoms with Crippen LogP contribution in [0.2, 0.25) is 5.02 Å². The Kier molecular flexibility index (Phi) is 6.37. The summed E-state index contributed by atoms with van der Waals surface area (Å²) in [7, 11) is -3.53. The van der Waals surface area contributed by atoms with Crippen LogP contribution in [0.1, 0.15) is 12.5 Å². The predicted molar refractivity (Wildman–Crippen MR) is 103 cm³/mol. The molecule has 3 rings (SSSR count). The maximum absolute atomic E-state index is 13.2. The van der Waals surface area contributed by atoms with Crippen LogP contribution in [0.5, 0.6) is 5.75 Å². The molecule has 1 saturated heterocycles. The minimum Gasteiger partial charge on any atom is -0.494 e. The SMILES string of the molecule is CCOc1ccc(S(=O)(=O)N2CCN(Cc3ccc(F)cc3Cl)CC2)cc1. The van der Waals surface area contributed by atoms with E-state index < -0.39 is 10.0 Å². The molecule has 1 aliphatic rings. The van der Waals surface area contributed by atoms with Crippen LogP contribution in [0.15, 0.2) is 47.4 Å². The third kappa shape index (κ3) is 4.79. The Labute approximate surface area is 164 Å². The minimum absolute atomic E-state index is 0.265. The molecule has 0 N–H and O–H groups in total. The molecule has 1 heterocycles. The summed E-state index contributed by atoms with van der Waals surface area (Å²) in [6.07, 6.45) is 0. The van der Waals surface area contributed by atoms with E-state index in [1.165, 1.54) is 16.4 Å². The molecule has 1 fully saturated rings. The van der Waals surface area contributed by atoms with Gasteiger partial charge in [-0.1, -0.05) is 17.7 Å². The summed E-state index contributed by atoms with van der Waals surface area (Å²) in [5, 5.41) is 0.388. The van der Waals surface area contributed by atoms with Crippen molar-refractivity contribution in [3.8, 4) is 5.75 Å². The molecule has 0 aliphatic carbocycles. The summed E-state index contributed by atoms with van der Waals surface area (Å²) >= 11 is 6.08. The predicted octanol–water partition coefficient (Wildman–Crippen LogP) is 3.38. The zero-order chi connectivity index (χ0) is 19.4. The van der Waals surface area contributed by atoms with E-state index in [1.54, 1.807) is 30.3 Å². The molecule has 1 aliphatic heterocycles. The van der Waals surface area contributed by atoms with Gasteiger partial charge in [0.25, 0.3) is 0 Å². The van der Waals surface area contributed by atoms with E-state index in [2.05, 4.69) is 4.90 Å². The van der Waals surface area contributed by atoms with Gasteiger partial charge in [-0.15, -0.1) is 0 Å². The maximum atomic E-state index is 13.2. The van der Waals surface area contributed by atoms with Gasteiger partial charge in [0, 0.05) is 37.7 Å². The number of rotatable bonds is 6. The Morgan fingerprint density at radius 3 is 2.33 bits per heavy atom. The van der Waals surface area contributed by atoms with Gasteiger partial charge >= 0.3 is 0 Å². The largest absolute Gasteiger partial charge is 0.494 e. The first-order valence-corrected chi connectivity index (χ1v) is 10.6. The van der Waals surface area contributed by atoms with E-state index in [4.69, 9.17) is 16.3 Å².